The summed E-state index contributed by atoms with van der Waals surface area (Å²) in [5, 5.41) is 1.30. The molecule has 0 unspecified atom stereocenters. The van der Waals surface area contributed by atoms with E-state index in [0.717, 1.165) is 19.6 Å². The largest absolute Gasteiger partial charge is 0.372 e. The Kier molecular flexibility index (Phi) is 9.10. The van der Waals surface area contributed by atoms with Gasteiger partial charge < -0.3 is 4.90 Å². The molecule has 0 saturated heterocycles. The summed E-state index contributed by atoms with van der Waals surface area (Å²) in [6, 6.07) is 13.1. The summed E-state index contributed by atoms with van der Waals surface area (Å²) in [6.45, 7) is 16.1. The van der Waals surface area contributed by atoms with Crippen LogP contribution >= 0.6 is 0 Å². The first-order valence-electron chi connectivity index (χ1n) is 11.0. The van der Waals surface area contributed by atoms with Gasteiger partial charge in [0.15, 0.2) is 0 Å². The van der Waals surface area contributed by atoms with Gasteiger partial charge in [-0.1, -0.05) is 43.0 Å². The Bertz CT molecular complexity index is 901. The zero-order valence-corrected chi connectivity index (χ0v) is 21.2. The van der Waals surface area contributed by atoms with Gasteiger partial charge in [0.2, 0.25) is 0 Å². The molecule has 0 aliphatic heterocycles. The highest BCUT2D eigenvalue weighted by Crippen LogP contribution is 2.23. The summed E-state index contributed by atoms with van der Waals surface area (Å²) < 4.78 is 0. The number of hydrogen-bond donors (Lipinski definition) is 0. The van der Waals surface area contributed by atoms with Gasteiger partial charge in [0, 0.05) is 48.8 Å². The number of hydrogen-bond acceptors (Lipinski definition) is 3. The fourth-order valence-electron chi connectivity index (χ4n) is 3.14. The van der Waals surface area contributed by atoms with E-state index in [9.17, 15) is 0 Å². The van der Waals surface area contributed by atoms with Crippen molar-refractivity contribution in [1.82, 2.24) is 9.88 Å². The van der Waals surface area contributed by atoms with E-state index in [4.69, 9.17) is 0 Å². The maximum atomic E-state index is 4.27. The third-order valence-electron chi connectivity index (χ3n) is 5.11. The zero-order chi connectivity index (χ0) is 22.9. The zero-order valence-electron chi connectivity index (χ0n) is 20.2. The molecular weight excluding hydrogens is 394 g/mol. The number of pyridine rings is 1. The van der Waals surface area contributed by atoms with Crippen LogP contribution in [0.25, 0.3) is 0 Å². The fourth-order valence-corrected chi connectivity index (χ4v) is 4.46. The van der Waals surface area contributed by atoms with Crippen molar-refractivity contribution in [2.24, 2.45) is 5.41 Å². The highest BCUT2D eigenvalue weighted by atomic mass is 28.2. The minimum absolute atomic E-state index is 0.0144. The Labute approximate surface area is 192 Å². The summed E-state index contributed by atoms with van der Waals surface area (Å²) in [6.07, 6.45) is 7.96. The molecule has 1 aromatic heterocycles. The van der Waals surface area contributed by atoms with Gasteiger partial charge in [-0.15, -0.1) is 0 Å². The number of rotatable bonds is 9. The third-order valence-corrected chi connectivity index (χ3v) is 6.65. The Morgan fingerprint density at radius 2 is 1.87 bits per heavy atom. The van der Waals surface area contributed by atoms with Crippen molar-refractivity contribution < 1.29 is 0 Å². The molecular formula is C27H37N3Si. The van der Waals surface area contributed by atoms with Gasteiger partial charge in [-0.3, -0.25) is 9.88 Å². The van der Waals surface area contributed by atoms with Crippen molar-refractivity contribution in [3.63, 3.8) is 0 Å². The van der Waals surface area contributed by atoms with Crippen LogP contribution < -0.4 is 10.1 Å². The van der Waals surface area contributed by atoms with Gasteiger partial charge >= 0.3 is 0 Å². The summed E-state index contributed by atoms with van der Waals surface area (Å²) in [7, 11) is 2.85. The number of aromatic nitrogens is 1. The smallest absolute Gasteiger partial charge is 0.115 e. The molecule has 3 nitrogen and oxygen atoms in total. The normalized spacial score (nSPS) is 12.1. The molecule has 1 aromatic carbocycles. The third kappa shape index (κ3) is 8.73. The average Bonchev–Trinajstić information content (AvgIpc) is 2.72. The van der Waals surface area contributed by atoms with Crippen molar-refractivity contribution in [1.29, 1.82) is 0 Å². The number of anilines is 1. The Morgan fingerprint density at radius 1 is 1.10 bits per heavy atom. The second-order valence-electron chi connectivity index (χ2n) is 9.40. The van der Waals surface area contributed by atoms with Crippen molar-refractivity contribution in [3.8, 4) is 11.8 Å². The predicted molar refractivity (Wildman–Crippen MR) is 136 cm³/mol. The molecule has 0 saturated carbocycles. The maximum absolute atomic E-state index is 4.27. The molecule has 164 valence electrons. The van der Waals surface area contributed by atoms with Gasteiger partial charge in [-0.05, 0) is 76.2 Å². The fraction of sp³-hybridized carbons (Fsp3) is 0.444. The minimum atomic E-state index is 0.0144. The van der Waals surface area contributed by atoms with Crippen LogP contribution in [0.1, 0.15) is 47.1 Å². The van der Waals surface area contributed by atoms with E-state index in [1.807, 2.05) is 24.5 Å². The molecule has 2 rings (SSSR count). The summed E-state index contributed by atoms with van der Waals surface area (Å²) >= 11 is 0. The minimum Gasteiger partial charge on any atom is -0.372 e. The van der Waals surface area contributed by atoms with Crippen LogP contribution in [0.15, 0.2) is 60.9 Å². The Hall–Kier alpha value is -2.35. The lowest BCUT2D eigenvalue weighted by Gasteiger charge is -2.37. The first-order valence-corrected chi connectivity index (χ1v) is 12.0. The molecule has 0 amide bonds. The standard InChI is InChI=1S/C27H37N3Si/c1-8-30(19-11-9-10-17-26(2,3)4)22-23-14-12-15-24(20-23)29(7)27(5,6)31-25-16-13-18-28-21-25/h9,11-16,18,20-21H,8,19,22H2,1-7H3/b11-9+. The molecule has 0 bridgehead atoms. The van der Waals surface area contributed by atoms with Gasteiger partial charge in [0.1, 0.15) is 9.52 Å². The second kappa shape index (κ2) is 11.3. The highest BCUT2D eigenvalue weighted by molar-refractivity contribution is 6.57. The van der Waals surface area contributed by atoms with Gasteiger partial charge in [-0.25, -0.2) is 0 Å². The summed E-state index contributed by atoms with van der Waals surface area (Å²) in [4.78, 5) is 9.09. The topological polar surface area (TPSA) is 19.4 Å². The van der Waals surface area contributed by atoms with Crippen molar-refractivity contribution in [3.05, 3.63) is 66.5 Å². The first-order chi connectivity index (χ1) is 14.6. The summed E-state index contributed by atoms with van der Waals surface area (Å²) in [5.41, 5.74) is 2.63. The van der Waals surface area contributed by atoms with E-state index in [1.165, 1.54) is 16.4 Å². The van der Waals surface area contributed by atoms with Crippen molar-refractivity contribution in [2.45, 2.75) is 53.2 Å². The summed E-state index contributed by atoms with van der Waals surface area (Å²) in [5.74, 6) is 6.41. The SMILES string of the molecule is CCN(C/C=C/C#CC(C)(C)C)Cc1cccc(N(C)C(C)(C)[Si]c2cccnc2)c1. The van der Waals surface area contributed by atoms with Gasteiger partial charge in [0.25, 0.3) is 0 Å². The van der Waals surface area contributed by atoms with Crippen LogP contribution in [0.2, 0.25) is 0 Å². The average molecular weight is 432 g/mol. The van der Waals surface area contributed by atoms with Crippen molar-refractivity contribution >= 4 is 20.4 Å². The van der Waals surface area contributed by atoms with E-state index < -0.39 is 0 Å². The van der Waals surface area contributed by atoms with Crippen molar-refractivity contribution in [2.75, 3.05) is 25.0 Å². The molecule has 4 heteroatoms. The number of benzene rings is 1. The molecule has 0 N–H and O–H groups in total. The van der Waals surface area contributed by atoms with Crippen LogP contribution in [-0.2, 0) is 6.54 Å². The molecule has 0 aliphatic carbocycles. The van der Waals surface area contributed by atoms with Crippen LogP contribution in [0.4, 0.5) is 5.69 Å². The molecule has 0 aliphatic rings. The lowest BCUT2D eigenvalue weighted by atomic mass is 9.98. The van der Waals surface area contributed by atoms with E-state index >= 15 is 0 Å². The molecule has 0 atom stereocenters. The van der Waals surface area contributed by atoms with Gasteiger partial charge in [0.05, 0.1) is 0 Å². The number of likely N-dealkylation sites (N-methyl/N-ethyl adjacent to an activating group) is 1. The van der Waals surface area contributed by atoms with E-state index in [-0.39, 0.29) is 10.6 Å². The Morgan fingerprint density at radius 3 is 2.52 bits per heavy atom. The van der Waals surface area contributed by atoms with Gasteiger partial charge in [-0.2, -0.15) is 0 Å². The highest BCUT2D eigenvalue weighted by Gasteiger charge is 2.25. The predicted octanol–water partition coefficient (Wildman–Crippen LogP) is 4.71. The molecule has 31 heavy (non-hydrogen) atoms. The second-order valence-corrected chi connectivity index (χ2v) is 11.5. The van der Waals surface area contributed by atoms with E-state index in [1.54, 1.807) is 0 Å². The molecule has 0 fully saturated rings. The quantitative estimate of drug-likeness (QED) is 0.423. The Balaban J connectivity index is 2.04. The molecule has 2 aromatic rings. The monoisotopic (exact) mass is 431 g/mol. The lowest BCUT2D eigenvalue weighted by Crippen LogP contribution is -2.50. The number of allylic oxidation sites excluding steroid dienone is 1. The van der Waals surface area contributed by atoms with E-state index in [2.05, 4.69) is 112 Å². The molecule has 1 heterocycles. The van der Waals surface area contributed by atoms with Crippen LogP contribution in [0.5, 0.6) is 0 Å². The van der Waals surface area contributed by atoms with Crippen LogP contribution in [0, 0.1) is 17.3 Å². The van der Waals surface area contributed by atoms with Crippen LogP contribution in [-0.4, -0.2) is 44.7 Å². The van der Waals surface area contributed by atoms with E-state index in [0.29, 0.717) is 9.52 Å². The van der Waals surface area contributed by atoms with Crippen LogP contribution in [0.3, 0.4) is 0 Å². The molecule has 0 spiro atoms. The lowest BCUT2D eigenvalue weighted by molar-refractivity contribution is 0.311. The molecule has 2 radical (unpaired) electrons. The maximum Gasteiger partial charge on any atom is 0.115 e. The first kappa shape index (κ1) is 24.9. The number of nitrogens with zero attached hydrogens (tertiary/aromatic N) is 3.